The van der Waals surface area contributed by atoms with Gasteiger partial charge in [0.1, 0.15) is 0 Å². The van der Waals surface area contributed by atoms with Gasteiger partial charge in [0, 0.05) is 36.3 Å². The Kier molecular flexibility index (Phi) is 4.22. The molecule has 1 N–H and O–H groups in total. The quantitative estimate of drug-likeness (QED) is 0.873. The van der Waals surface area contributed by atoms with Crippen LogP contribution in [0.2, 0.25) is 0 Å². The van der Waals surface area contributed by atoms with E-state index in [9.17, 15) is 0 Å². The van der Waals surface area contributed by atoms with Crippen molar-refractivity contribution in [2.75, 3.05) is 7.05 Å². The number of thiazole rings is 1. The van der Waals surface area contributed by atoms with E-state index in [0.29, 0.717) is 6.04 Å². The van der Waals surface area contributed by atoms with Crippen molar-refractivity contribution >= 4 is 11.3 Å². The van der Waals surface area contributed by atoms with Gasteiger partial charge in [-0.25, -0.2) is 4.98 Å². The highest BCUT2D eigenvalue weighted by molar-refractivity contribution is 7.09. The van der Waals surface area contributed by atoms with Crippen molar-refractivity contribution in [2.24, 2.45) is 0 Å². The normalized spacial score (nSPS) is 18.8. The van der Waals surface area contributed by atoms with Crippen molar-refractivity contribution in [2.45, 2.75) is 51.6 Å². The molecule has 2 aromatic rings. The fourth-order valence-electron chi connectivity index (χ4n) is 3.14. The molecule has 0 amide bonds. The van der Waals surface area contributed by atoms with E-state index in [4.69, 9.17) is 0 Å². The van der Waals surface area contributed by atoms with Crippen LogP contribution < -0.4 is 5.32 Å². The molecule has 2 aromatic heterocycles. The first-order valence-corrected chi connectivity index (χ1v) is 8.40. The number of aromatic nitrogens is 2. The van der Waals surface area contributed by atoms with Crippen molar-refractivity contribution in [3.05, 3.63) is 39.6 Å². The summed E-state index contributed by atoms with van der Waals surface area (Å²) in [6, 6.07) is 0.541. The molecular weight excluding hydrogens is 266 g/mol. The van der Waals surface area contributed by atoms with E-state index < -0.39 is 0 Å². The van der Waals surface area contributed by atoms with E-state index in [1.54, 1.807) is 16.9 Å². The molecule has 0 bridgehead atoms. The van der Waals surface area contributed by atoms with Crippen molar-refractivity contribution in [1.29, 1.82) is 0 Å². The lowest BCUT2D eigenvalue weighted by Gasteiger charge is -2.13. The maximum absolute atomic E-state index is 4.33. The van der Waals surface area contributed by atoms with Crippen molar-refractivity contribution in [3.63, 3.8) is 0 Å². The summed E-state index contributed by atoms with van der Waals surface area (Å²) in [5.74, 6) is 0. The molecule has 0 saturated carbocycles. The average molecular weight is 289 g/mol. The van der Waals surface area contributed by atoms with E-state index in [0.717, 1.165) is 13.0 Å². The number of hydrogen-bond acceptors (Lipinski definition) is 3. The number of nitrogens with zero attached hydrogens (tertiary/aromatic N) is 2. The Morgan fingerprint density at radius 3 is 3.05 bits per heavy atom. The van der Waals surface area contributed by atoms with E-state index in [2.05, 4.69) is 41.2 Å². The van der Waals surface area contributed by atoms with Crippen LogP contribution in [0.1, 0.15) is 47.0 Å². The van der Waals surface area contributed by atoms with E-state index >= 15 is 0 Å². The molecular formula is C16H23N3S. The molecule has 1 atom stereocenters. The summed E-state index contributed by atoms with van der Waals surface area (Å²) in [6.45, 7) is 3.17. The molecule has 0 saturated heterocycles. The largest absolute Gasteiger partial charge is 0.353 e. The number of hydrogen-bond donors (Lipinski definition) is 1. The van der Waals surface area contributed by atoms with Crippen molar-refractivity contribution < 1.29 is 0 Å². The molecule has 3 nitrogen and oxygen atoms in total. The highest BCUT2D eigenvalue weighted by Gasteiger charge is 2.19. The Labute approximate surface area is 125 Å². The summed E-state index contributed by atoms with van der Waals surface area (Å²) >= 11 is 1.78. The van der Waals surface area contributed by atoms with Crippen LogP contribution in [-0.4, -0.2) is 16.6 Å². The van der Waals surface area contributed by atoms with Crippen molar-refractivity contribution in [3.8, 4) is 0 Å². The van der Waals surface area contributed by atoms with Gasteiger partial charge < -0.3 is 9.88 Å². The standard InChI is InChI=1S/C16H23N3S/c1-12-16(20-11-18-12)7-8-19-9-13-5-3-4-6-15(17-2)14(13)10-19/h9-11,15,17H,3-8H2,1-2H3. The minimum Gasteiger partial charge on any atom is -0.353 e. The summed E-state index contributed by atoms with van der Waals surface area (Å²) in [5.41, 5.74) is 6.21. The van der Waals surface area contributed by atoms with Crippen LogP contribution in [0.5, 0.6) is 0 Å². The summed E-state index contributed by atoms with van der Waals surface area (Å²) in [4.78, 5) is 5.75. The summed E-state index contributed by atoms with van der Waals surface area (Å²) < 4.78 is 2.37. The van der Waals surface area contributed by atoms with Gasteiger partial charge in [0.2, 0.25) is 0 Å². The van der Waals surface area contributed by atoms with Gasteiger partial charge in [-0.3, -0.25) is 0 Å². The number of fused-ring (bicyclic) bond motifs is 1. The minimum atomic E-state index is 0.541. The van der Waals surface area contributed by atoms with Gasteiger partial charge in [-0.1, -0.05) is 6.42 Å². The van der Waals surface area contributed by atoms with Gasteiger partial charge in [0.05, 0.1) is 11.2 Å². The lowest BCUT2D eigenvalue weighted by Crippen LogP contribution is -2.15. The second-order valence-electron chi connectivity index (χ2n) is 5.67. The maximum Gasteiger partial charge on any atom is 0.0797 e. The Hall–Kier alpha value is -1.13. The van der Waals surface area contributed by atoms with Gasteiger partial charge in [-0.15, -0.1) is 11.3 Å². The third-order valence-corrected chi connectivity index (χ3v) is 5.35. The zero-order valence-electron chi connectivity index (χ0n) is 12.4. The van der Waals surface area contributed by atoms with Gasteiger partial charge in [0.25, 0.3) is 0 Å². The molecule has 0 spiro atoms. The topological polar surface area (TPSA) is 29.9 Å². The molecule has 0 radical (unpaired) electrons. The Morgan fingerprint density at radius 1 is 1.40 bits per heavy atom. The molecule has 1 unspecified atom stereocenters. The van der Waals surface area contributed by atoms with Crippen LogP contribution in [0.4, 0.5) is 0 Å². The smallest absolute Gasteiger partial charge is 0.0797 e. The second kappa shape index (κ2) is 6.10. The number of rotatable bonds is 4. The van der Waals surface area contributed by atoms with Gasteiger partial charge >= 0.3 is 0 Å². The zero-order valence-corrected chi connectivity index (χ0v) is 13.2. The van der Waals surface area contributed by atoms with Crippen LogP contribution in [-0.2, 0) is 19.4 Å². The fourth-order valence-corrected chi connectivity index (χ4v) is 3.91. The predicted octanol–water partition coefficient (Wildman–Crippen LogP) is 3.48. The maximum atomic E-state index is 4.33. The van der Waals surface area contributed by atoms with Gasteiger partial charge in [0.15, 0.2) is 0 Å². The van der Waals surface area contributed by atoms with Crippen molar-refractivity contribution in [1.82, 2.24) is 14.9 Å². The van der Waals surface area contributed by atoms with Crippen LogP contribution in [0.25, 0.3) is 0 Å². The Bertz CT molecular complexity index is 570. The highest BCUT2D eigenvalue weighted by Crippen LogP contribution is 2.29. The second-order valence-corrected chi connectivity index (χ2v) is 6.61. The van der Waals surface area contributed by atoms with Crippen LogP contribution in [0.15, 0.2) is 17.9 Å². The molecule has 0 aliphatic heterocycles. The lowest BCUT2D eigenvalue weighted by molar-refractivity contribution is 0.530. The first-order valence-electron chi connectivity index (χ1n) is 7.52. The average Bonchev–Trinajstić information content (AvgIpc) is 2.99. The molecule has 4 heteroatoms. The molecule has 3 rings (SSSR count). The van der Waals surface area contributed by atoms with Crippen LogP contribution >= 0.6 is 11.3 Å². The molecule has 0 aromatic carbocycles. The van der Waals surface area contributed by atoms with E-state index in [1.807, 2.05) is 5.51 Å². The number of nitrogens with one attached hydrogen (secondary N) is 1. The SMILES string of the molecule is CNC1CCCCc2cn(CCc3scnc3C)cc21. The Balaban J connectivity index is 1.74. The van der Waals surface area contributed by atoms with Gasteiger partial charge in [-0.2, -0.15) is 0 Å². The molecule has 1 aliphatic rings. The van der Waals surface area contributed by atoms with E-state index in [-0.39, 0.29) is 0 Å². The zero-order chi connectivity index (χ0) is 13.9. The molecule has 20 heavy (non-hydrogen) atoms. The third kappa shape index (κ3) is 2.81. The fraction of sp³-hybridized carbons (Fsp3) is 0.562. The van der Waals surface area contributed by atoms with Crippen LogP contribution in [0.3, 0.4) is 0 Å². The highest BCUT2D eigenvalue weighted by atomic mass is 32.1. The minimum absolute atomic E-state index is 0.541. The summed E-state index contributed by atoms with van der Waals surface area (Å²) in [6.07, 6.45) is 11.0. The third-order valence-electron chi connectivity index (χ3n) is 4.35. The van der Waals surface area contributed by atoms with Crippen LogP contribution in [0, 0.1) is 6.92 Å². The van der Waals surface area contributed by atoms with Gasteiger partial charge in [-0.05, 0) is 44.4 Å². The predicted molar refractivity (Wildman–Crippen MR) is 84.3 cm³/mol. The first kappa shape index (κ1) is 13.8. The summed E-state index contributed by atoms with van der Waals surface area (Å²) in [5, 5.41) is 3.47. The molecule has 1 aliphatic carbocycles. The summed E-state index contributed by atoms with van der Waals surface area (Å²) in [7, 11) is 2.08. The Morgan fingerprint density at radius 2 is 2.30 bits per heavy atom. The monoisotopic (exact) mass is 289 g/mol. The molecule has 0 fully saturated rings. The first-order chi connectivity index (χ1) is 9.78. The molecule has 2 heterocycles. The lowest BCUT2D eigenvalue weighted by atomic mass is 10.1. The molecule has 108 valence electrons. The number of aryl methyl sites for hydroxylation is 4. The van der Waals surface area contributed by atoms with E-state index in [1.165, 1.54) is 41.8 Å².